The van der Waals surface area contributed by atoms with E-state index in [9.17, 15) is 3.89 Å². The van der Waals surface area contributed by atoms with Gasteiger partial charge >= 0.3 is 0 Å². The van der Waals surface area contributed by atoms with Crippen LogP contribution in [0.5, 0.6) is 0 Å². The number of hydrogen-bond donors (Lipinski definition) is 1. The molecule has 0 N–H and O–H groups in total. The van der Waals surface area contributed by atoms with E-state index in [-0.39, 0.29) is 74.8 Å². The Morgan fingerprint density at radius 3 is 1.82 bits per heavy atom. The predicted molar refractivity (Wildman–Crippen MR) is 170 cm³/mol. The topological polar surface area (TPSA) is 0 Å². The molecule has 0 spiro atoms. The fourth-order valence-corrected chi connectivity index (χ4v) is 11.6. The lowest BCUT2D eigenvalue weighted by atomic mass is 9.84. The highest BCUT2D eigenvalue weighted by Crippen LogP contribution is 2.26. The average molecular weight is 578 g/mol. The Balaban J connectivity index is -0.0000000714. The molecule has 10 heteroatoms. The average Bonchev–Trinajstić information content (AvgIpc) is 2.41. The van der Waals surface area contributed by atoms with Crippen molar-refractivity contribution in [2.45, 2.75) is 79.7 Å². The summed E-state index contributed by atoms with van der Waals surface area (Å²) >= 11 is 14.7. The maximum atomic E-state index is 13.3. The van der Waals surface area contributed by atoms with E-state index in [0.717, 1.165) is 17.9 Å². The molecule has 0 saturated carbocycles. The molecule has 0 aliphatic heterocycles. The van der Waals surface area contributed by atoms with Crippen LogP contribution in [0.2, 0.25) is 0 Å². The van der Waals surface area contributed by atoms with Gasteiger partial charge in [-0.25, -0.2) is 0 Å². The van der Waals surface area contributed by atoms with Crippen molar-refractivity contribution in [2.75, 3.05) is 23.5 Å². The van der Waals surface area contributed by atoms with E-state index in [4.69, 9.17) is 34.7 Å². The van der Waals surface area contributed by atoms with E-state index in [0.29, 0.717) is 17.6 Å². The van der Waals surface area contributed by atoms with Crippen LogP contribution in [-0.2, 0) is 89.7 Å². The van der Waals surface area contributed by atoms with Crippen molar-refractivity contribution in [3.8, 4) is 0 Å². The third kappa shape index (κ3) is 28.3. The minimum atomic E-state index is -1.45. The third-order valence-corrected chi connectivity index (χ3v) is 13.1. The largest absolute Gasteiger partial charge is 0.162 e. The first-order valence-electron chi connectivity index (χ1n) is 6.42. The third-order valence-electron chi connectivity index (χ3n) is 3.16. The van der Waals surface area contributed by atoms with E-state index in [1.54, 1.807) is 8.88 Å². The molecular formula is C18H53FS9. The van der Waals surface area contributed by atoms with Crippen LogP contribution in [0.3, 0.4) is 0 Å². The van der Waals surface area contributed by atoms with Crippen LogP contribution in [0, 0.1) is 17.8 Å². The molecule has 0 amide bonds. The normalized spacial score (nSPS) is 14.9. The van der Waals surface area contributed by atoms with Crippen molar-refractivity contribution in [3.63, 3.8) is 0 Å². The van der Waals surface area contributed by atoms with Gasteiger partial charge in [-0.05, 0) is 90.0 Å². The molecule has 0 heterocycles. The number of thiol groups is 1. The van der Waals surface area contributed by atoms with Gasteiger partial charge in [0.25, 0.3) is 0 Å². The van der Waals surface area contributed by atoms with Gasteiger partial charge in [-0.3, -0.25) is 0 Å². The SMILES string of the molecule is C.C.C.C.C.C.C.C.[2H]S(CC(C(C)CS(C)=S=S=S)C(CC)CS(F)=S)=S=S. The quantitative estimate of drug-likeness (QED) is 0.226. The molecule has 6 unspecified atom stereocenters. The van der Waals surface area contributed by atoms with Crippen LogP contribution in [0.15, 0.2) is 0 Å². The first-order valence-corrected chi connectivity index (χ1v) is 16.9. The molecule has 186 valence electrons. The maximum Gasteiger partial charge on any atom is 0.108 e. The Bertz CT molecular complexity index is 509. The summed E-state index contributed by atoms with van der Waals surface area (Å²) in [6.07, 6.45) is 3.12. The van der Waals surface area contributed by atoms with Crippen LogP contribution in [0.25, 0.3) is 0 Å². The molecule has 28 heavy (non-hydrogen) atoms. The zero-order valence-electron chi connectivity index (χ0n) is 12.6. The van der Waals surface area contributed by atoms with Gasteiger partial charge in [0.15, 0.2) is 0 Å². The first-order chi connectivity index (χ1) is 9.85. The van der Waals surface area contributed by atoms with E-state index in [1.165, 1.54) is 17.8 Å². The van der Waals surface area contributed by atoms with Crippen LogP contribution in [0.1, 0.15) is 79.7 Å². The Morgan fingerprint density at radius 2 is 1.50 bits per heavy atom. The molecule has 0 fully saturated rings. The molecule has 0 bridgehead atoms. The minimum absolute atomic E-state index is 0. The molecule has 0 rings (SSSR count). The Hall–Kier alpha value is 2.30. The number of halogens is 1. The van der Waals surface area contributed by atoms with Gasteiger partial charge in [0.2, 0.25) is 0 Å². The Kier molecular flexibility index (Phi) is 68.5. The van der Waals surface area contributed by atoms with E-state index in [2.05, 4.69) is 20.1 Å². The van der Waals surface area contributed by atoms with Gasteiger partial charge in [-0.1, -0.05) is 79.7 Å². The molecule has 0 nitrogen and oxygen atoms in total. The number of hydrogen-bond acceptors (Lipinski definition) is 3. The maximum absolute atomic E-state index is 13.3. The zero-order valence-corrected chi connectivity index (χ0v) is 19.0. The van der Waals surface area contributed by atoms with Gasteiger partial charge in [0, 0.05) is 11.5 Å². The molecule has 0 aliphatic carbocycles. The van der Waals surface area contributed by atoms with Gasteiger partial charge in [-0.15, -0.1) is 19.7 Å². The second-order valence-electron chi connectivity index (χ2n) is 4.49. The summed E-state index contributed by atoms with van der Waals surface area (Å²) in [4.78, 5) is 0. The van der Waals surface area contributed by atoms with Gasteiger partial charge in [0.05, 0.1) is 9.84 Å². The minimum Gasteiger partial charge on any atom is -0.162 e. The van der Waals surface area contributed by atoms with Crippen molar-refractivity contribution in [3.05, 3.63) is 0 Å². The fraction of sp³-hybridized carbons (Fsp3) is 1.00. The zero-order chi connectivity index (χ0) is 16.4. The molecular weight excluding hydrogens is 524 g/mol. The lowest BCUT2D eigenvalue weighted by Crippen LogP contribution is -2.30. The molecule has 0 saturated heterocycles. The van der Waals surface area contributed by atoms with Crippen molar-refractivity contribution in [1.82, 2.24) is 0 Å². The Morgan fingerprint density at radius 1 is 1.04 bits per heavy atom. The molecule has 0 aromatic rings. The number of rotatable bonds is 9. The molecule has 0 aliphatic rings. The van der Waals surface area contributed by atoms with E-state index < -0.39 is 20.1 Å². The second-order valence-corrected chi connectivity index (χ2v) is 16.3. The van der Waals surface area contributed by atoms with Gasteiger partial charge in [-0.2, -0.15) is 3.89 Å². The smallest absolute Gasteiger partial charge is 0.108 e. The highest BCUT2D eigenvalue weighted by molar-refractivity contribution is 8.58. The van der Waals surface area contributed by atoms with E-state index in [1.807, 2.05) is 0 Å². The van der Waals surface area contributed by atoms with Gasteiger partial charge in [0.1, 0.15) is 1.12 Å². The summed E-state index contributed by atoms with van der Waals surface area (Å²) in [7, 11) is 2.47. The van der Waals surface area contributed by atoms with Crippen LogP contribution >= 0.6 is 0 Å². The highest BCUT2D eigenvalue weighted by Gasteiger charge is 2.26. The molecule has 0 aromatic heterocycles. The second kappa shape index (κ2) is 36.7. The summed E-state index contributed by atoms with van der Waals surface area (Å²) in [6, 6.07) is 0. The summed E-state index contributed by atoms with van der Waals surface area (Å²) in [5.41, 5.74) is 0. The molecule has 6 atom stereocenters. The van der Waals surface area contributed by atoms with E-state index >= 15 is 0 Å². The monoisotopic (exact) mass is 577 g/mol. The summed E-state index contributed by atoms with van der Waals surface area (Å²) in [5.74, 6) is 3.28. The molecule has 0 aromatic carbocycles. The predicted octanol–water partition coefficient (Wildman–Crippen LogP) is 7.30. The van der Waals surface area contributed by atoms with Crippen LogP contribution in [0.4, 0.5) is 3.89 Å². The first kappa shape index (κ1) is 52.3. The lowest BCUT2D eigenvalue weighted by molar-refractivity contribution is 0.303. The highest BCUT2D eigenvalue weighted by atomic mass is 33.2. The Labute approximate surface area is 213 Å². The summed E-state index contributed by atoms with van der Waals surface area (Å²) in [5, 5.41) is 0. The molecule has 0 radical (unpaired) electrons. The van der Waals surface area contributed by atoms with Crippen molar-refractivity contribution in [1.29, 1.82) is 1.12 Å². The van der Waals surface area contributed by atoms with Gasteiger partial charge < -0.3 is 0 Å². The standard InChI is InChI=1S/C10H21FS9.8CH4/c1-4-9(7-20(11)14)10(5-15-16-12)8(2)6-19(3)18-17-13;;;;;;;;/h8-10,15H,4-7H2,1-3H3;8*1H4/i15D;;;;;;;;. The van der Waals surface area contributed by atoms with Crippen LogP contribution in [-0.4, -0.2) is 24.6 Å². The fourth-order valence-electron chi connectivity index (χ4n) is 2.15. The van der Waals surface area contributed by atoms with Crippen molar-refractivity contribution < 1.29 is 3.89 Å². The summed E-state index contributed by atoms with van der Waals surface area (Å²) in [6.45, 7) is 4.31. The van der Waals surface area contributed by atoms with Crippen molar-refractivity contribution >= 4 is 89.7 Å². The van der Waals surface area contributed by atoms with Crippen LogP contribution < -0.4 is 0 Å². The van der Waals surface area contributed by atoms with Crippen molar-refractivity contribution in [2.24, 2.45) is 17.8 Å². The lowest BCUT2D eigenvalue weighted by Gasteiger charge is -2.30. The summed E-state index contributed by atoms with van der Waals surface area (Å²) < 4.78 is 21.3.